The number of pyridine rings is 3. The van der Waals surface area contributed by atoms with Gasteiger partial charge in [-0.3, -0.25) is 9.97 Å². The van der Waals surface area contributed by atoms with E-state index >= 15 is 0 Å². The first-order chi connectivity index (χ1) is 12.7. The van der Waals surface area contributed by atoms with Crippen LogP contribution < -0.4 is 0 Å². The molecule has 4 rings (SSSR count). The fourth-order valence-electron chi connectivity index (χ4n) is 2.76. The number of fused-ring (bicyclic) bond motifs is 2. The number of benzene rings is 1. The molecule has 0 N–H and O–H groups in total. The number of para-hydroxylation sites is 1. The summed E-state index contributed by atoms with van der Waals surface area (Å²) in [6.07, 6.45) is 3.19. The van der Waals surface area contributed by atoms with E-state index in [2.05, 4.69) is 15.0 Å². The number of hydrogen-bond acceptors (Lipinski definition) is 5. The van der Waals surface area contributed by atoms with Crippen LogP contribution in [0.1, 0.15) is 17.3 Å². The van der Waals surface area contributed by atoms with Crippen LogP contribution in [0.3, 0.4) is 0 Å². The molecule has 5 nitrogen and oxygen atoms in total. The highest BCUT2D eigenvalue weighted by Gasteiger charge is 2.16. The Hall–Kier alpha value is -3.05. The molecule has 1 aromatic carbocycles. The molecule has 3 aromatic heterocycles. The van der Waals surface area contributed by atoms with E-state index in [0.717, 1.165) is 16.5 Å². The van der Waals surface area contributed by atoms with Crippen molar-refractivity contribution < 1.29 is 9.53 Å². The minimum absolute atomic E-state index is 0.210. The van der Waals surface area contributed by atoms with Crippen molar-refractivity contribution in [3.8, 4) is 11.3 Å². The van der Waals surface area contributed by atoms with Gasteiger partial charge in [-0.15, -0.1) is 0 Å². The van der Waals surface area contributed by atoms with Crippen molar-refractivity contribution in [3.63, 3.8) is 0 Å². The van der Waals surface area contributed by atoms with E-state index in [1.54, 1.807) is 13.1 Å². The summed E-state index contributed by atoms with van der Waals surface area (Å²) in [5.41, 5.74) is 3.77. The number of rotatable bonds is 3. The largest absolute Gasteiger partial charge is 0.462 e. The lowest BCUT2D eigenvalue weighted by molar-refractivity contribution is 0.0526. The smallest absolute Gasteiger partial charge is 0.341 e. The molecule has 0 spiro atoms. The molecule has 4 aromatic rings. The number of hydrogen-bond donors (Lipinski definition) is 0. The summed E-state index contributed by atoms with van der Waals surface area (Å²) in [4.78, 5) is 25.4. The molecule has 0 radical (unpaired) electrons. The van der Waals surface area contributed by atoms with Gasteiger partial charge < -0.3 is 4.74 Å². The minimum atomic E-state index is -0.508. The van der Waals surface area contributed by atoms with Gasteiger partial charge in [0.2, 0.25) is 0 Å². The first-order valence-corrected chi connectivity index (χ1v) is 8.52. The van der Waals surface area contributed by atoms with E-state index in [4.69, 9.17) is 16.3 Å². The van der Waals surface area contributed by atoms with E-state index in [-0.39, 0.29) is 17.2 Å². The Morgan fingerprint density at radius 3 is 2.73 bits per heavy atom. The summed E-state index contributed by atoms with van der Waals surface area (Å²) in [6, 6.07) is 13.6. The van der Waals surface area contributed by atoms with Crippen LogP contribution in [0.2, 0.25) is 5.02 Å². The van der Waals surface area contributed by atoms with Crippen LogP contribution in [0, 0.1) is 0 Å². The van der Waals surface area contributed by atoms with Crippen molar-refractivity contribution in [2.24, 2.45) is 0 Å². The zero-order valence-electron chi connectivity index (χ0n) is 13.9. The van der Waals surface area contributed by atoms with Crippen molar-refractivity contribution in [1.29, 1.82) is 0 Å². The Labute approximate surface area is 154 Å². The first kappa shape index (κ1) is 16.4. The van der Waals surface area contributed by atoms with Gasteiger partial charge in [0.1, 0.15) is 5.52 Å². The Balaban J connectivity index is 1.85. The van der Waals surface area contributed by atoms with Gasteiger partial charge in [0.15, 0.2) is 0 Å². The van der Waals surface area contributed by atoms with Crippen molar-refractivity contribution in [3.05, 3.63) is 65.4 Å². The molecule has 6 heteroatoms. The van der Waals surface area contributed by atoms with Gasteiger partial charge >= 0.3 is 5.97 Å². The van der Waals surface area contributed by atoms with Gasteiger partial charge in [-0.05, 0) is 31.2 Å². The first-order valence-electron chi connectivity index (χ1n) is 8.15. The average molecular weight is 364 g/mol. The van der Waals surface area contributed by atoms with Gasteiger partial charge in [0, 0.05) is 23.3 Å². The molecule has 3 heterocycles. The topological polar surface area (TPSA) is 65.0 Å². The fraction of sp³-hybridized carbons (Fsp3) is 0.100. The predicted molar refractivity (Wildman–Crippen MR) is 101 cm³/mol. The maximum atomic E-state index is 12.0. The number of esters is 1. The van der Waals surface area contributed by atoms with Gasteiger partial charge in [0.05, 0.1) is 33.9 Å². The summed E-state index contributed by atoms with van der Waals surface area (Å²) in [5.74, 6) is -0.508. The molecule has 0 aliphatic heterocycles. The van der Waals surface area contributed by atoms with Crippen molar-refractivity contribution in [2.75, 3.05) is 6.61 Å². The number of carbonyl (C=O) groups is 1. The molecule has 0 unspecified atom stereocenters. The summed E-state index contributed by atoms with van der Waals surface area (Å²) in [5, 5.41) is 1.26. The summed E-state index contributed by atoms with van der Waals surface area (Å²) >= 11 is 6.41. The van der Waals surface area contributed by atoms with E-state index in [1.807, 2.05) is 42.5 Å². The monoisotopic (exact) mass is 363 g/mol. The van der Waals surface area contributed by atoms with Crippen molar-refractivity contribution in [2.45, 2.75) is 6.92 Å². The number of nitrogens with zero attached hydrogens (tertiary/aromatic N) is 3. The molecule has 0 bridgehead atoms. The molecular formula is C20H14ClN3O2. The third-order valence-corrected chi connectivity index (χ3v) is 4.42. The highest BCUT2D eigenvalue weighted by atomic mass is 35.5. The third-order valence-electron chi connectivity index (χ3n) is 4.03. The number of halogens is 1. The van der Waals surface area contributed by atoms with Crippen LogP contribution in [-0.2, 0) is 4.74 Å². The van der Waals surface area contributed by atoms with Crippen molar-refractivity contribution in [1.82, 2.24) is 15.0 Å². The SMILES string of the molecule is CCOC(=O)c1cnc2ccc(-c3cnc4ccccc4c3)nc2c1Cl. The van der Waals surface area contributed by atoms with Gasteiger partial charge in [-0.2, -0.15) is 0 Å². The normalized spacial score (nSPS) is 11.0. The lowest BCUT2D eigenvalue weighted by Gasteiger charge is -2.08. The molecule has 0 saturated carbocycles. The molecule has 0 aliphatic carbocycles. The quantitative estimate of drug-likeness (QED) is 0.495. The van der Waals surface area contributed by atoms with E-state index in [0.29, 0.717) is 16.7 Å². The number of ether oxygens (including phenoxy) is 1. The van der Waals surface area contributed by atoms with Gasteiger partial charge in [0.25, 0.3) is 0 Å². The summed E-state index contributed by atoms with van der Waals surface area (Å²) < 4.78 is 5.02. The number of carbonyl (C=O) groups excluding carboxylic acids is 1. The zero-order valence-corrected chi connectivity index (χ0v) is 14.7. The van der Waals surface area contributed by atoms with Crippen LogP contribution in [0.5, 0.6) is 0 Å². The predicted octanol–water partition coefficient (Wildman–Crippen LogP) is 4.68. The molecule has 0 saturated heterocycles. The van der Waals surface area contributed by atoms with E-state index in [9.17, 15) is 4.79 Å². The number of aromatic nitrogens is 3. The Morgan fingerprint density at radius 2 is 1.88 bits per heavy atom. The molecule has 26 heavy (non-hydrogen) atoms. The highest BCUT2D eigenvalue weighted by Crippen LogP contribution is 2.28. The highest BCUT2D eigenvalue weighted by molar-refractivity contribution is 6.37. The molecule has 0 amide bonds. The Bertz CT molecular complexity index is 1140. The zero-order chi connectivity index (χ0) is 18.1. The summed E-state index contributed by atoms with van der Waals surface area (Å²) in [7, 11) is 0. The second-order valence-electron chi connectivity index (χ2n) is 5.69. The fourth-order valence-corrected chi connectivity index (χ4v) is 3.02. The van der Waals surface area contributed by atoms with Gasteiger partial charge in [-0.1, -0.05) is 29.8 Å². The lowest BCUT2D eigenvalue weighted by Crippen LogP contribution is -2.06. The Morgan fingerprint density at radius 1 is 1.08 bits per heavy atom. The Kier molecular flexibility index (Phi) is 4.22. The minimum Gasteiger partial charge on any atom is -0.462 e. The molecule has 0 aliphatic rings. The lowest BCUT2D eigenvalue weighted by atomic mass is 10.1. The maximum absolute atomic E-state index is 12.0. The van der Waals surface area contributed by atoms with E-state index < -0.39 is 5.97 Å². The third kappa shape index (κ3) is 2.86. The van der Waals surface area contributed by atoms with Crippen molar-refractivity contribution >= 4 is 39.5 Å². The van der Waals surface area contributed by atoms with Crippen LogP contribution in [0.25, 0.3) is 33.2 Å². The van der Waals surface area contributed by atoms with Crippen LogP contribution in [0.4, 0.5) is 0 Å². The average Bonchev–Trinajstić information content (AvgIpc) is 2.68. The second kappa shape index (κ2) is 6.69. The maximum Gasteiger partial charge on any atom is 0.341 e. The van der Waals surface area contributed by atoms with Crippen LogP contribution in [0.15, 0.2) is 54.9 Å². The summed E-state index contributed by atoms with van der Waals surface area (Å²) in [6.45, 7) is 2.01. The standard InChI is InChI=1S/C20H14ClN3O2/c1-2-26-20(25)14-11-23-17-8-7-16(24-19(17)18(14)21)13-9-12-5-3-4-6-15(12)22-10-13/h3-11H,2H2,1H3. The van der Waals surface area contributed by atoms with Gasteiger partial charge in [-0.25, -0.2) is 9.78 Å². The molecule has 0 atom stereocenters. The molecular weight excluding hydrogens is 350 g/mol. The van der Waals surface area contributed by atoms with Crippen LogP contribution >= 0.6 is 11.6 Å². The molecule has 128 valence electrons. The molecule has 0 fully saturated rings. The van der Waals surface area contributed by atoms with Crippen LogP contribution in [-0.4, -0.2) is 27.5 Å². The second-order valence-corrected chi connectivity index (χ2v) is 6.07. The van der Waals surface area contributed by atoms with E-state index in [1.165, 1.54) is 6.20 Å².